The van der Waals surface area contributed by atoms with Crippen LogP contribution < -0.4 is 14.9 Å². The van der Waals surface area contributed by atoms with Crippen molar-refractivity contribution in [1.82, 2.24) is 4.57 Å². The second-order valence-corrected chi connectivity index (χ2v) is 6.95. The van der Waals surface area contributed by atoms with Crippen LogP contribution in [0.3, 0.4) is 0 Å². The van der Waals surface area contributed by atoms with Gasteiger partial charge in [-0.05, 0) is 55.5 Å². The highest BCUT2D eigenvalue weighted by Gasteiger charge is 2.11. The lowest BCUT2D eigenvalue weighted by atomic mass is 10.2. The zero-order valence-electron chi connectivity index (χ0n) is 14.3. The van der Waals surface area contributed by atoms with Crippen molar-refractivity contribution in [3.8, 4) is 5.75 Å². The van der Waals surface area contributed by atoms with Gasteiger partial charge in [0.2, 0.25) is 0 Å². The van der Waals surface area contributed by atoms with Gasteiger partial charge in [0.1, 0.15) is 12.3 Å². The van der Waals surface area contributed by atoms with Gasteiger partial charge in [-0.1, -0.05) is 22.9 Å². The Morgan fingerprint density at radius 3 is 2.37 bits per heavy atom. The number of amides is 1. The second kappa shape index (κ2) is 8.20. The second-order valence-electron chi connectivity index (χ2n) is 5.69. The first kappa shape index (κ1) is 18.9. The lowest BCUT2D eigenvalue weighted by Crippen LogP contribution is -2.23. The topological polar surface area (TPSA) is 77.4 Å². The van der Waals surface area contributed by atoms with E-state index in [2.05, 4.69) is 5.32 Å². The maximum atomic E-state index is 12.2. The van der Waals surface area contributed by atoms with E-state index in [1.165, 1.54) is 4.57 Å². The van der Waals surface area contributed by atoms with E-state index < -0.39 is 5.97 Å². The minimum Gasteiger partial charge on any atom is -0.425 e. The molecule has 1 N–H and O–H groups in total. The van der Waals surface area contributed by atoms with Gasteiger partial charge in [-0.15, -0.1) is 0 Å². The molecule has 1 aromatic heterocycles. The number of carbonyl (C=O) groups excluding carboxylic acids is 2. The maximum absolute atomic E-state index is 12.2. The van der Waals surface area contributed by atoms with Gasteiger partial charge in [0.05, 0.1) is 0 Å². The molecule has 3 rings (SSSR count). The molecule has 0 radical (unpaired) electrons. The molecule has 8 heteroatoms. The smallest absolute Gasteiger partial charge is 0.331 e. The van der Waals surface area contributed by atoms with Gasteiger partial charge in [-0.25, -0.2) is 4.79 Å². The summed E-state index contributed by atoms with van der Waals surface area (Å²) in [6.07, 6.45) is 0. The Labute approximate surface area is 164 Å². The first-order chi connectivity index (χ1) is 12.9. The number of aryl methyl sites for hydroxylation is 1. The summed E-state index contributed by atoms with van der Waals surface area (Å²) < 4.78 is 6.59. The zero-order chi connectivity index (χ0) is 19.4. The normalized spacial score (nSPS) is 10.4. The molecule has 0 aliphatic rings. The van der Waals surface area contributed by atoms with Gasteiger partial charge in [0.25, 0.3) is 5.91 Å². The van der Waals surface area contributed by atoms with Gasteiger partial charge in [0, 0.05) is 27.3 Å². The van der Waals surface area contributed by atoms with E-state index in [4.69, 9.17) is 16.3 Å². The number of thiazole rings is 1. The molecule has 0 aliphatic carbocycles. The highest BCUT2D eigenvalue weighted by molar-refractivity contribution is 7.07. The lowest BCUT2D eigenvalue weighted by Gasteiger charge is -2.08. The van der Waals surface area contributed by atoms with Crippen molar-refractivity contribution in [2.45, 2.75) is 13.5 Å². The Bertz CT molecular complexity index is 1020. The predicted octanol–water partition coefficient (Wildman–Crippen LogP) is 3.73. The Hall–Kier alpha value is -2.90. The van der Waals surface area contributed by atoms with Crippen LogP contribution in [0.1, 0.15) is 16.1 Å². The third-order valence-corrected chi connectivity index (χ3v) is 4.85. The van der Waals surface area contributed by atoms with Crippen molar-refractivity contribution in [3.63, 3.8) is 0 Å². The van der Waals surface area contributed by atoms with Crippen LogP contribution in [0.25, 0.3) is 0 Å². The summed E-state index contributed by atoms with van der Waals surface area (Å²) in [6, 6.07) is 12.9. The van der Waals surface area contributed by atoms with E-state index in [0.29, 0.717) is 27.7 Å². The van der Waals surface area contributed by atoms with E-state index in [9.17, 15) is 14.4 Å². The summed E-state index contributed by atoms with van der Waals surface area (Å²) in [5.74, 6) is -0.495. The Morgan fingerprint density at radius 1 is 1.11 bits per heavy atom. The summed E-state index contributed by atoms with van der Waals surface area (Å²) in [6.45, 7) is 1.60. The molecule has 1 heterocycles. The van der Waals surface area contributed by atoms with Gasteiger partial charge in [-0.2, -0.15) is 0 Å². The molecule has 0 spiro atoms. The van der Waals surface area contributed by atoms with Gasteiger partial charge in [0.15, 0.2) is 0 Å². The molecule has 0 saturated heterocycles. The third-order valence-electron chi connectivity index (χ3n) is 3.71. The fourth-order valence-corrected chi connectivity index (χ4v) is 3.16. The number of anilines is 1. The fraction of sp³-hybridized carbons (Fsp3) is 0.105. The SMILES string of the molecule is Cc1csc(=O)n1CC(=O)Oc1ccc(NC(=O)c2ccc(Cl)cc2)cc1. The first-order valence-corrected chi connectivity index (χ1v) is 9.21. The number of nitrogens with one attached hydrogen (secondary N) is 1. The number of hydrogen-bond donors (Lipinski definition) is 1. The molecule has 0 saturated carbocycles. The number of halogens is 1. The first-order valence-electron chi connectivity index (χ1n) is 7.95. The molecule has 138 valence electrons. The van der Waals surface area contributed by atoms with Crippen molar-refractivity contribution >= 4 is 40.5 Å². The number of nitrogens with zero attached hydrogens (tertiary/aromatic N) is 1. The van der Waals surface area contributed by atoms with Gasteiger partial charge >= 0.3 is 10.8 Å². The third kappa shape index (κ3) is 4.84. The van der Waals surface area contributed by atoms with Crippen molar-refractivity contribution < 1.29 is 14.3 Å². The maximum Gasteiger partial charge on any atom is 0.331 e. The zero-order valence-corrected chi connectivity index (χ0v) is 15.8. The van der Waals surface area contributed by atoms with Crippen LogP contribution in [0.15, 0.2) is 58.7 Å². The highest BCUT2D eigenvalue weighted by atomic mass is 35.5. The van der Waals surface area contributed by atoms with Crippen molar-refractivity contribution in [1.29, 1.82) is 0 Å². The summed E-state index contributed by atoms with van der Waals surface area (Å²) in [4.78, 5) is 35.6. The number of hydrogen-bond acceptors (Lipinski definition) is 5. The van der Waals surface area contributed by atoms with Crippen LogP contribution in [-0.4, -0.2) is 16.4 Å². The number of rotatable bonds is 5. The standard InChI is InChI=1S/C19H15ClN2O4S/c1-12-11-27-19(25)22(12)10-17(23)26-16-8-6-15(7-9-16)21-18(24)13-2-4-14(20)5-3-13/h2-9,11H,10H2,1H3,(H,21,24). The average Bonchev–Trinajstić information content (AvgIpc) is 2.96. The van der Waals surface area contributed by atoms with Crippen LogP contribution in [-0.2, 0) is 11.3 Å². The van der Waals surface area contributed by atoms with Crippen LogP contribution in [0, 0.1) is 6.92 Å². The largest absolute Gasteiger partial charge is 0.425 e. The van der Waals surface area contributed by atoms with Gasteiger partial charge < -0.3 is 10.1 Å². The van der Waals surface area contributed by atoms with Crippen LogP contribution >= 0.6 is 22.9 Å². The average molecular weight is 403 g/mol. The monoisotopic (exact) mass is 402 g/mol. The number of ether oxygens (including phenoxy) is 1. The van der Waals surface area contributed by atoms with E-state index in [1.54, 1.807) is 60.8 Å². The number of benzene rings is 2. The van der Waals surface area contributed by atoms with E-state index in [0.717, 1.165) is 11.3 Å². The van der Waals surface area contributed by atoms with Crippen LogP contribution in [0.5, 0.6) is 5.75 Å². The van der Waals surface area contributed by atoms with E-state index in [-0.39, 0.29) is 17.3 Å². The number of aromatic nitrogens is 1. The minimum absolute atomic E-state index is 0.150. The Kier molecular flexibility index (Phi) is 5.73. The molecule has 27 heavy (non-hydrogen) atoms. The molecule has 2 aromatic carbocycles. The Balaban J connectivity index is 1.60. The minimum atomic E-state index is -0.545. The van der Waals surface area contributed by atoms with E-state index >= 15 is 0 Å². The molecular formula is C19H15ClN2O4S. The summed E-state index contributed by atoms with van der Waals surface area (Å²) in [5, 5.41) is 4.98. The van der Waals surface area contributed by atoms with Crippen molar-refractivity contribution in [2.24, 2.45) is 0 Å². The number of carbonyl (C=O) groups is 2. The quantitative estimate of drug-likeness (QED) is 0.521. The molecule has 0 atom stereocenters. The molecule has 0 bridgehead atoms. The fourth-order valence-electron chi connectivity index (χ4n) is 2.30. The van der Waals surface area contributed by atoms with Crippen LogP contribution in [0.4, 0.5) is 5.69 Å². The van der Waals surface area contributed by atoms with E-state index in [1.807, 2.05) is 0 Å². The molecule has 0 aliphatic heterocycles. The molecule has 3 aromatic rings. The van der Waals surface area contributed by atoms with Crippen molar-refractivity contribution in [2.75, 3.05) is 5.32 Å². The molecule has 1 amide bonds. The predicted molar refractivity (Wildman–Crippen MR) is 105 cm³/mol. The lowest BCUT2D eigenvalue weighted by molar-refractivity contribution is -0.135. The van der Waals surface area contributed by atoms with Gasteiger partial charge in [-0.3, -0.25) is 14.2 Å². The molecular weight excluding hydrogens is 388 g/mol. The Morgan fingerprint density at radius 2 is 1.78 bits per heavy atom. The molecule has 6 nitrogen and oxygen atoms in total. The summed E-state index contributed by atoms with van der Waals surface area (Å²) >= 11 is 6.84. The highest BCUT2D eigenvalue weighted by Crippen LogP contribution is 2.17. The molecule has 0 unspecified atom stereocenters. The van der Waals surface area contributed by atoms with Crippen molar-refractivity contribution in [3.05, 3.63) is 79.9 Å². The number of esters is 1. The summed E-state index contributed by atoms with van der Waals surface area (Å²) in [5.41, 5.74) is 1.74. The van der Waals surface area contributed by atoms with Crippen LogP contribution in [0.2, 0.25) is 5.02 Å². The molecule has 0 fully saturated rings. The summed E-state index contributed by atoms with van der Waals surface area (Å²) in [7, 11) is 0.